The highest BCUT2D eigenvalue weighted by atomic mass is 16.2. The lowest BCUT2D eigenvalue weighted by Gasteiger charge is -2.33. The summed E-state index contributed by atoms with van der Waals surface area (Å²) in [4.78, 5) is 14.4. The summed E-state index contributed by atoms with van der Waals surface area (Å²) in [6.07, 6.45) is 3.25. The van der Waals surface area contributed by atoms with Crippen LogP contribution < -0.4 is 5.73 Å². The zero-order valence-electron chi connectivity index (χ0n) is 12.8. The van der Waals surface area contributed by atoms with Crippen LogP contribution in [0.15, 0.2) is 37.6 Å². The molecule has 1 unspecified atom stereocenters. The Kier molecular flexibility index (Phi) is 4.90. The molecule has 0 aliphatic heterocycles. The van der Waals surface area contributed by atoms with Crippen molar-refractivity contribution in [3.05, 3.63) is 54.2 Å². The van der Waals surface area contributed by atoms with Gasteiger partial charge in [-0.25, -0.2) is 0 Å². The minimum atomic E-state index is -0.332. The molecule has 1 amide bonds. The van der Waals surface area contributed by atoms with E-state index in [0.29, 0.717) is 5.56 Å². The lowest BCUT2D eigenvalue weighted by atomic mass is 9.95. The molecule has 0 aliphatic rings. The Balaban J connectivity index is 3.40. The number of nitrogens with zero attached hydrogens (tertiary/aromatic N) is 1. The fourth-order valence-electron chi connectivity index (χ4n) is 2.19. The highest BCUT2D eigenvalue weighted by molar-refractivity contribution is 5.99. The third kappa shape index (κ3) is 3.17. The van der Waals surface area contributed by atoms with Gasteiger partial charge in [0.1, 0.15) is 0 Å². The van der Waals surface area contributed by atoms with Gasteiger partial charge in [-0.1, -0.05) is 31.4 Å². The third-order valence-electron chi connectivity index (χ3n) is 3.19. The van der Waals surface area contributed by atoms with Gasteiger partial charge in [0.15, 0.2) is 0 Å². The number of amides is 1. The molecule has 1 rings (SSSR count). The summed E-state index contributed by atoms with van der Waals surface area (Å²) in [6.45, 7) is 15.4. The maximum Gasteiger partial charge on any atom is 0.258 e. The number of carbonyl (C=O) groups is 1. The van der Waals surface area contributed by atoms with Gasteiger partial charge in [-0.15, -0.1) is 0 Å². The number of rotatable bonds is 4. The molecule has 108 valence electrons. The van der Waals surface area contributed by atoms with Gasteiger partial charge < -0.3 is 10.6 Å². The Morgan fingerprint density at radius 1 is 1.35 bits per heavy atom. The van der Waals surface area contributed by atoms with Crippen LogP contribution in [0.5, 0.6) is 0 Å². The number of benzene rings is 1. The van der Waals surface area contributed by atoms with Crippen LogP contribution in [0.3, 0.4) is 0 Å². The number of nitrogens with two attached hydrogens (primary N) is 1. The molecule has 0 fully saturated rings. The lowest BCUT2D eigenvalue weighted by Crippen LogP contribution is -2.41. The van der Waals surface area contributed by atoms with Gasteiger partial charge in [0.05, 0.1) is 0 Å². The molecule has 1 aromatic rings. The summed E-state index contributed by atoms with van der Waals surface area (Å²) in [6, 6.07) is 5.42. The van der Waals surface area contributed by atoms with E-state index in [0.717, 1.165) is 11.1 Å². The van der Waals surface area contributed by atoms with Crippen molar-refractivity contribution >= 4 is 12.0 Å². The minimum Gasteiger partial charge on any atom is -0.324 e. The summed E-state index contributed by atoms with van der Waals surface area (Å²) < 4.78 is 0. The molecule has 0 aliphatic carbocycles. The van der Waals surface area contributed by atoms with Gasteiger partial charge in [-0.3, -0.25) is 4.79 Å². The second-order valence-electron chi connectivity index (χ2n) is 5.83. The van der Waals surface area contributed by atoms with E-state index in [1.807, 2.05) is 39.8 Å². The summed E-state index contributed by atoms with van der Waals surface area (Å²) in [5.41, 5.74) is 7.95. The Morgan fingerprint density at radius 2 is 1.95 bits per heavy atom. The van der Waals surface area contributed by atoms with Crippen molar-refractivity contribution < 1.29 is 4.79 Å². The zero-order valence-corrected chi connectivity index (χ0v) is 12.8. The average Bonchev–Trinajstić information content (AvgIpc) is 2.36. The Labute approximate surface area is 121 Å². The van der Waals surface area contributed by atoms with Crippen LogP contribution in [0.25, 0.3) is 6.08 Å². The molecule has 0 spiro atoms. The second kappa shape index (κ2) is 6.06. The molecule has 0 heterocycles. The monoisotopic (exact) mass is 272 g/mol. The first-order chi connectivity index (χ1) is 9.23. The number of carbonyl (C=O) groups excluding carboxylic acids is 1. The first kappa shape index (κ1) is 16.2. The highest BCUT2D eigenvalue weighted by Crippen LogP contribution is 2.25. The van der Waals surface area contributed by atoms with Gasteiger partial charge in [-0.05, 0) is 44.9 Å². The van der Waals surface area contributed by atoms with E-state index < -0.39 is 0 Å². The van der Waals surface area contributed by atoms with Gasteiger partial charge in [-0.2, -0.15) is 0 Å². The molecule has 0 saturated carbocycles. The molecule has 0 radical (unpaired) electrons. The second-order valence-corrected chi connectivity index (χ2v) is 5.83. The molecule has 1 aromatic carbocycles. The minimum absolute atomic E-state index is 0.0927. The largest absolute Gasteiger partial charge is 0.324 e. The van der Waals surface area contributed by atoms with Crippen molar-refractivity contribution in [2.45, 2.75) is 39.3 Å². The molecular formula is C17H24N2O. The van der Waals surface area contributed by atoms with Crippen molar-refractivity contribution in [1.29, 1.82) is 0 Å². The Bertz CT molecular complexity index is 524. The van der Waals surface area contributed by atoms with Crippen molar-refractivity contribution in [3.8, 4) is 0 Å². The molecule has 3 heteroatoms. The first-order valence-corrected chi connectivity index (χ1v) is 6.71. The van der Waals surface area contributed by atoms with Crippen molar-refractivity contribution in [2.24, 2.45) is 5.73 Å². The normalized spacial score (nSPS) is 12.7. The van der Waals surface area contributed by atoms with E-state index >= 15 is 0 Å². The summed E-state index contributed by atoms with van der Waals surface area (Å²) in [7, 11) is 0. The zero-order chi connectivity index (χ0) is 15.5. The van der Waals surface area contributed by atoms with E-state index in [4.69, 9.17) is 5.73 Å². The van der Waals surface area contributed by atoms with Gasteiger partial charge in [0, 0.05) is 23.3 Å². The van der Waals surface area contributed by atoms with E-state index in [1.54, 1.807) is 23.2 Å². The van der Waals surface area contributed by atoms with Crippen LogP contribution in [-0.2, 0) is 0 Å². The van der Waals surface area contributed by atoms with Crippen LogP contribution in [0.2, 0.25) is 0 Å². The van der Waals surface area contributed by atoms with E-state index in [1.165, 1.54) is 0 Å². The van der Waals surface area contributed by atoms with E-state index in [9.17, 15) is 4.79 Å². The van der Waals surface area contributed by atoms with Crippen LogP contribution in [0.1, 0.15) is 55.2 Å². The van der Waals surface area contributed by atoms with Crippen LogP contribution in [0.4, 0.5) is 0 Å². The highest BCUT2D eigenvalue weighted by Gasteiger charge is 2.27. The topological polar surface area (TPSA) is 46.3 Å². The predicted molar refractivity (Wildman–Crippen MR) is 85.3 cm³/mol. The van der Waals surface area contributed by atoms with Gasteiger partial charge >= 0.3 is 0 Å². The molecule has 20 heavy (non-hydrogen) atoms. The molecule has 0 saturated heterocycles. The van der Waals surface area contributed by atoms with Crippen LogP contribution >= 0.6 is 0 Å². The van der Waals surface area contributed by atoms with Crippen LogP contribution in [0, 0.1) is 0 Å². The quantitative estimate of drug-likeness (QED) is 0.907. The van der Waals surface area contributed by atoms with Crippen molar-refractivity contribution in [1.82, 2.24) is 4.90 Å². The molecule has 0 aromatic heterocycles. The van der Waals surface area contributed by atoms with Crippen molar-refractivity contribution in [3.63, 3.8) is 0 Å². The third-order valence-corrected chi connectivity index (χ3v) is 3.19. The smallest absolute Gasteiger partial charge is 0.258 e. The molecule has 1 atom stereocenters. The molecule has 0 bridgehead atoms. The lowest BCUT2D eigenvalue weighted by molar-refractivity contribution is 0.0705. The summed E-state index contributed by atoms with van der Waals surface area (Å²) in [5.74, 6) is -0.0927. The standard InChI is InChI=1S/C17H24N2O/c1-7-13-14(12(3)18)10-9-11-15(13)16(20)19(8-2)17(4,5)6/h7-12H,1-2,18H2,3-6H3. The maximum atomic E-state index is 12.7. The Morgan fingerprint density at radius 3 is 2.35 bits per heavy atom. The molecule has 2 N–H and O–H groups in total. The molecular weight excluding hydrogens is 248 g/mol. The first-order valence-electron chi connectivity index (χ1n) is 6.71. The fourth-order valence-corrected chi connectivity index (χ4v) is 2.19. The van der Waals surface area contributed by atoms with Gasteiger partial charge in [0.2, 0.25) is 0 Å². The summed E-state index contributed by atoms with van der Waals surface area (Å²) >= 11 is 0. The maximum absolute atomic E-state index is 12.7. The predicted octanol–water partition coefficient (Wildman–Crippen LogP) is 3.73. The SMILES string of the molecule is C=Cc1c(C(=O)N(C=C)C(C)(C)C)cccc1C(C)N. The number of hydrogen-bond acceptors (Lipinski definition) is 2. The van der Waals surface area contributed by atoms with E-state index in [-0.39, 0.29) is 17.5 Å². The average molecular weight is 272 g/mol. The number of hydrogen-bond donors (Lipinski definition) is 1. The summed E-state index contributed by atoms with van der Waals surface area (Å²) in [5, 5.41) is 0. The van der Waals surface area contributed by atoms with Crippen molar-refractivity contribution in [2.75, 3.05) is 0 Å². The fraction of sp³-hybridized carbons (Fsp3) is 0.353. The van der Waals surface area contributed by atoms with Crippen LogP contribution in [-0.4, -0.2) is 16.3 Å². The van der Waals surface area contributed by atoms with Gasteiger partial charge in [0.25, 0.3) is 5.91 Å². The van der Waals surface area contributed by atoms with E-state index in [2.05, 4.69) is 13.2 Å². The molecule has 3 nitrogen and oxygen atoms in total. The Hall–Kier alpha value is -1.87.